The third kappa shape index (κ3) is 2.88. The molecular weight excluding hydrogens is 405 g/mol. The fourth-order valence-electron chi connectivity index (χ4n) is 4.54. The van der Waals surface area contributed by atoms with Crippen LogP contribution in [-0.2, 0) is 38.3 Å². The molecule has 1 aliphatic carbocycles. The van der Waals surface area contributed by atoms with Gasteiger partial charge in [-0.2, -0.15) is 0 Å². The number of nitrogens with zero attached hydrogens (tertiary/aromatic N) is 2. The van der Waals surface area contributed by atoms with E-state index in [1.54, 1.807) is 11.6 Å². The summed E-state index contributed by atoms with van der Waals surface area (Å²) in [6.07, 6.45) is 3.70. The van der Waals surface area contributed by atoms with Gasteiger partial charge in [0.25, 0.3) is 0 Å². The number of ketones is 1. The van der Waals surface area contributed by atoms with E-state index in [0.717, 1.165) is 17.8 Å². The standard InChI is InChI=1S/C22H18FN3O5/c1-11-15(25-10-24-11)7-12-9-22(30-17(27)5-6-18(28)31-22)21-19(20(12)29)14-4-3-13(23)8-16(14)26(21)2/h3-6,8,10,12H,7,9H2,1-2H3,(H,24,25). The molecule has 31 heavy (non-hydrogen) atoms. The van der Waals surface area contributed by atoms with Crippen LogP contribution in [0.5, 0.6) is 0 Å². The van der Waals surface area contributed by atoms with Gasteiger partial charge in [-0.1, -0.05) is 0 Å². The molecular formula is C22H18FN3O5. The molecule has 1 spiro atoms. The molecule has 8 nitrogen and oxygen atoms in total. The molecule has 3 aromatic rings. The Bertz CT molecular complexity index is 1280. The maximum Gasteiger partial charge on any atom is 0.334 e. The van der Waals surface area contributed by atoms with Crippen molar-refractivity contribution in [2.24, 2.45) is 13.0 Å². The number of carbonyl (C=O) groups excluding carboxylic acids is 3. The number of hydrogen-bond donors (Lipinski definition) is 1. The second kappa shape index (κ2) is 6.63. The highest BCUT2D eigenvalue weighted by atomic mass is 19.1. The Balaban J connectivity index is 1.75. The van der Waals surface area contributed by atoms with Gasteiger partial charge in [0.05, 0.1) is 23.1 Å². The van der Waals surface area contributed by atoms with E-state index in [2.05, 4.69) is 9.97 Å². The van der Waals surface area contributed by atoms with Crippen molar-refractivity contribution < 1.29 is 28.2 Å². The first-order valence-corrected chi connectivity index (χ1v) is 9.74. The molecule has 5 rings (SSSR count). The van der Waals surface area contributed by atoms with Gasteiger partial charge in [0.2, 0.25) is 0 Å². The smallest absolute Gasteiger partial charge is 0.334 e. The van der Waals surface area contributed by atoms with Gasteiger partial charge in [-0.3, -0.25) is 4.79 Å². The lowest BCUT2D eigenvalue weighted by Gasteiger charge is -2.38. The van der Waals surface area contributed by atoms with Gasteiger partial charge in [0, 0.05) is 49.0 Å². The molecule has 0 bridgehead atoms. The maximum atomic E-state index is 14.0. The van der Waals surface area contributed by atoms with Crippen molar-refractivity contribution in [1.82, 2.24) is 14.5 Å². The van der Waals surface area contributed by atoms with Crippen LogP contribution in [0.3, 0.4) is 0 Å². The third-order valence-electron chi connectivity index (χ3n) is 5.92. The van der Waals surface area contributed by atoms with Crippen molar-refractivity contribution in [2.45, 2.75) is 25.6 Å². The number of fused-ring (bicyclic) bond motifs is 4. The highest BCUT2D eigenvalue weighted by Gasteiger charge is 2.54. The Morgan fingerprint density at radius 1 is 1.23 bits per heavy atom. The molecule has 0 saturated carbocycles. The van der Waals surface area contributed by atoms with Gasteiger partial charge in [-0.05, 0) is 25.1 Å². The van der Waals surface area contributed by atoms with Gasteiger partial charge >= 0.3 is 17.7 Å². The average Bonchev–Trinajstić information content (AvgIpc) is 3.21. The average molecular weight is 423 g/mol. The molecule has 2 aromatic heterocycles. The number of hydrogen-bond acceptors (Lipinski definition) is 6. The van der Waals surface area contributed by atoms with Crippen molar-refractivity contribution in [3.63, 3.8) is 0 Å². The van der Waals surface area contributed by atoms with Crippen molar-refractivity contribution in [2.75, 3.05) is 0 Å². The van der Waals surface area contributed by atoms with Crippen LogP contribution in [0.4, 0.5) is 4.39 Å². The summed E-state index contributed by atoms with van der Waals surface area (Å²) in [5, 5.41) is 0.496. The Morgan fingerprint density at radius 2 is 1.94 bits per heavy atom. The molecule has 0 radical (unpaired) electrons. The number of H-pyrrole nitrogens is 1. The summed E-state index contributed by atoms with van der Waals surface area (Å²) in [6, 6.07) is 4.06. The quantitative estimate of drug-likeness (QED) is 0.636. The third-order valence-corrected chi connectivity index (χ3v) is 5.92. The van der Waals surface area contributed by atoms with Gasteiger partial charge in [-0.25, -0.2) is 19.0 Å². The molecule has 158 valence electrons. The summed E-state index contributed by atoms with van der Waals surface area (Å²) < 4.78 is 26.8. The lowest BCUT2D eigenvalue weighted by molar-refractivity contribution is -0.235. The van der Waals surface area contributed by atoms with Gasteiger partial charge in [0.1, 0.15) is 11.5 Å². The number of ether oxygens (including phenoxy) is 2. The number of Topliss-reactive ketones (excluding diaryl/α,β-unsaturated/α-hetero) is 1. The minimum Gasteiger partial charge on any atom is -0.413 e. The first-order chi connectivity index (χ1) is 14.8. The topological polar surface area (TPSA) is 103 Å². The Morgan fingerprint density at radius 3 is 2.58 bits per heavy atom. The van der Waals surface area contributed by atoms with Crippen LogP contribution < -0.4 is 0 Å². The fourth-order valence-corrected chi connectivity index (χ4v) is 4.54. The summed E-state index contributed by atoms with van der Waals surface area (Å²) in [5.74, 6) is -4.71. The largest absolute Gasteiger partial charge is 0.413 e. The Labute approximate surface area is 175 Å². The number of carbonyl (C=O) groups is 3. The number of benzene rings is 1. The van der Waals surface area contributed by atoms with Crippen LogP contribution >= 0.6 is 0 Å². The summed E-state index contributed by atoms with van der Waals surface area (Å²) >= 11 is 0. The van der Waals surface area contributed by atoms with Crippen molar-refractivity contribution >= 4 is 28.6 Å². The highest BCUT2D eigenvalue weighted by molar-refractivity contribution is 6.12. The van der Waals surface area contributed by atoms with E-state index in [4.69, 9.17) is 9.47 Å². The predicted octanol–water partition coefficient (Wildman–Crippen LogP) is 2.60. The summed E-state index contributed by atoms with van der Waals surface area (Å²) in [4.78, 5) is 45.5. The molecule has 9 heteroatoms. The van der Waals surface area contributed by atoms with Crippen LogP contribution in [0, 0.1) is 18.7 Å². The van der Waals surface area contributed by atoms with Crippen molar-refractivity contribution in [3.8, 4) is 0 Å². The van der Waals surface area contributed by atoms with Crippen molar-refractivity contribution in [3.05, 3.63) is 65.1 Å². The molecule has 1 aromatic carbocycles. The van der Waals surface area contributed by atoms with E-state index in [9.17, 15) is 18.8 Å². The molecule has 1 atom stereocenters. The second-order valence-corrected chi connectivity index (χ2v) is 7.82. The lowest BCUT2D eigenvalue weighted by atomic mass is 9.78. The predicted molar refractivity (Wildman–Crippen MR) is 105 cm³/mol. The monoisotopic (exact) mass is 423 g/mol. The number of aryl methyl sites for hydroxylation is 2. The maximum absolute atomic E-state index is 14.0. The summed E-state index contributed by atoms with van der Waals surface area (Å²) in [5.41, 5.74) is 2.40. The van der Waals surface area contributed by atoms with Gasteiger partial charge in [-0.15, -0.1) is 0 Å². The van der Waals surface area contributed by atoms with Crippen molar-refractivity contribution in [1.29, 1.82) is 0 Å². The number of rotatable bonds is 2. The molecule has 3 heterocycles. The molecule has 1 N–H and O–H groups in total. The highest BCUT2D eigenvalue weighted by Crippen LogP contribution is 2.47. The zero-order valence-corrected chi connectivity index (χ0v) is 16.8. The number of nitrogens with one attached hydrogen (secondary N) is 1. The van der Waals surface area contributed by atoms with E-state index in [0.29, 0.717) is 16.6 Å². The first kappa shape index (κ1) is 19.2. The summed E-state index contributed by atoms with van der Waals surface area (Å²) in [7, 11) is 1.62. The molecule has 1 aliphatic heterocycles. The van der Waals surface area contributed by atoms with Crippen LogP contribution in [0.25, 0.3) is 10.9 Å². The first-order valence-electron chi connectivity index (χ1n) is 9.74. The molecule has 1 unspecified atom stereocenters. The minimum absolute atomic E-state index is 0.0725. The van der Waals surface area contributed by atoms with E-state index < -0.39 is 29.5 Å². The lowest BCUT2D eigenvalue weighted by Crippen LogP contribution is -2.45. The zero-order chi connectivity index (χ0) is 21.9. The van der Waals surface area contributed by atoms with Gasteiger partial charge < -0.3 is 19.0 Å². The molecule has 0 saturated heterocycles. The van der Waals surface area contributed by atoms with Crippen LogP contribution in [0.1, 0.15) is 33.9 Å². The van der Waals surface area contributed by atoms with Crippen LogP contribution in [0.15, 0.2) is 36.7 Å². The minimum atomic E-state index is -1.82. The van der Waals surface area contributed by atoms with Crippen LogP contribution in [-0.4, -0.2) is 32.3 Å². The van der Waals surface area contributed by atoms with E-state index in [1.807, 2.05) is 6.92 Å². The molecule has 0 fully saturated rings. The molecule has 2 aliphatic rings. The number of aromatic nitrogens is 3. The second-order valence-electron chi connectivity index (χ2n) is 7.82. The summed E-state index contributed by atoms with van der Waals surface area (Å²) in [6.45, 7) is 1.84. The van der Waals surface area contributed by atoms with Gasteiger partial charge in [0.15, 0.2) is 5.78 Å². The van der Waals surface area contributed by atoms with Crippen LogP contribution in [0.2, 0.25) is 0 Å². The van der Waals surface area contributed by atoms with E-state index in [-0.39, 0.29) is 29.9 Å². The number of esters is 2. The Kier molecular flexibility index (Phi) is 4.11. The number of halogens is 1. The number of aromatic amines is 1. The normalized spacial score (nSPS) is 20.0. The molecule has 0 amide bonds. The number of imidazole rings is 1. The van der Waals surface area contributed by atoms with E-state index >= 15 is 0 Å². The SMILES string of the molecule is Cc1[nH]cnc1CC1CC2(OC(=O)C=CC(=O)O2)c2c(c3ccc(F)cc3n2C)C1=O. The fraction of sp³-hybridized carbons (Fsp3) is 0.273. The zero-order valence-electron chi connectivity index (χ0n) is 16.8. The Hall–Kier alpha value is -3.75. The van der Waals surface area contributed by atoms with E-state index in [1.165, 1.54) is 24.5 Å².